The molecule has 0 radical (unpaired) electrons. The number of hydrogen-bond donors (Lipinski definition) is 0. The van der Waals surface area contributed by atoms with E-state index in [0.717, 1.165) is 20.7 Å². The van der Waals surface area contributed by atoms with Crippen LogP contribution in [0.5, 0.6) is 0 Å². The highest BCUT2D eigenvalue weighted by atomic mass is 127. The highest BCUT2D eigenvalue weighted by Crippen LogP contribution is 2.45. The summed E-state index contributed by atoms with van der Waals surface area (Å²) >= 11 is 1.83. The minimum Gasteiger partial charge on any atom is -0.446 e. The molecule has 0 bridgehead atoms. The van der Waals surface area contributed by atoms with Gasteiger partial charge in [0.1, 0.15) is 5.69 Å². The van der Waals surface area contributed by atoms with Crippen LogP contribution in [0, 0.1) is 0 Å². The van der Waals surface area contributed by atoms with Crippen molar-refractivity contribution in [3.8, 4) is 0 Å². The number of tetrazole rings is 1. The van der Waals surface area contributed by atoms with Gasteiger partial charge in [-0.1, -0.05) is 27.7 Å². The zero-order chi connectivity index (χ0) is 32.1. The number of aryl methyl sites for hydroxylation is 1. The molecule has 234 valence electrons. The molecule has 3 aromatic rings. The lowest BCUT2D eigenvalue weighted by molar-refractivity contribution is -0.143. The fourth-order valence-corrected chi connectivity index (χ4v) is 5.40. The Bertz CT molecular complexity index is 1460. The Balaban J connectivity index is 1.91. The number of halogens is 10. The maximum Gasteiger partial charge on any atom is 0.433 e. The molecule has 0 N–H and O–H groups in total. The number of benzene rings is 1. The van der Waals surface area contributed by atoms with E-state index < -0.39 is 69.7 Å². The molecule has 19 heteroatoms. The van der Waals surface area contributed by atoms with Crippen molar-refractivity contribution in [1.29, 1.82) is 0 Å². The third-order valence-electron chi connectivity index (χ3n) is 6.13. The molecule has 0 saturated carbocycles. The average Bonchev–Trinajstić information content (AvgIpc) is 3.30. The Kier molecular flexibility index (Phi) is 8.77. The van der Waals surface area contributed by atoms with Crippen LogP contribution in [0.3, 0.4) is 0 Å². The zero-order valence-electron chi connectivity index (χ0n) is 22.3. The van der Waals surface area contributed by atoms with Crippen molar-refractivity contribution >= 4 is 40.3 Å². The number of hydrogen-bond acceptors (Lipinski definition) is 7. The largest absolute Gasteiger partial charge is 0.446 e. The van der Waals surface area contributed by atoms with Crippen LogP contribution in [-0.2, 0) is 36.9 Å². The molecule has 0 spiro atoms. The molecule has 0 aliphatic carbocycles. The van der Waals surface area contributed by atoms with Gasteiger partial charge in [-0.25, -0.2) is 9.78 Å². The molecule has 43 heavy (non-hydrogen) atoms. The molecule has 1 aliphatic heterocycles. The van der Waals surface area contributed by atoms with Gasteiger partial charge in [0.25, 0.3) is 5.95 Å². The highest BCUT2D eigenvalue weighted by molar-refractivity contribution is 14.1. The number of fused-ring (bicyclic) bond motifs is 1. The summed E-state index contributed by atoms with van der Waals surface area (Å²) in [5.74, 6) is -0.314. The summed E-state index contributed by atoms with van der Waals surface area (Å²) in [7, 11) is 1.33. The molecular weight excluding hydrogens is 716 g/mol. The van der Waals surface area contributed by atoms with Crippen LogP contribution in [0.25, 0.3) is 0 Å². The molecule has 9 nitrogen and oxygen atoms in total. The van der Waals surface area contributed by atoms with E-state index in [1.165, 1.54) is 7.05 Å². The molecule has 1 aromatic carbocycles. The second kappa shape index (κ2) is 11.6. The van der Waals surface area contributed by atoms with Gasteiger partial charge >= 0.3 is 24.6 Å². The van der Waals surface area contributed by atoms with Crippen molar-refractivity contribution in [2.45, 2.75) is 61.5 Å². The summed E-state index contributed by atoms with van der Waals surface area (Å²) in [6.07, 6.45) is -16.9. The van der Waals surface area contributed by atoms with E-state index >= 15 is 0 Å². The minimum atomic E-state index is -5.14. The molecule has 0 saturated heterocycles. The van der Waals surface area contributed by atoms with Gasteiger partial charge in [-0.05, 0) is 55.0 Å². The third kappa shape index (κ3) is 7.23. The first-order chi connectivity index (χ1) is 19.8. The summed E-state index contributed by atoms with van der Waals surface area (Å²) in [4.78, 5) is 19.8. The van der Waals surface area contributed by atoms with Crippen LogP contribution < -0.4 is 9.80 Å². The first kappa shape index (κ1) is 32.5. The molecule has 1 amide bonds. The van der Waals surface area contributed by atoms with E-state index in [2.05, 4.69) is 20.4 Å². The van der Waals surface area contributed by atoms with E-state index in [0.29, 0.717) is 18.2 Å². The second-order valence-electron chi connectivity index (χ2n) is 9.71. The summed E-state index contributed by atoms with van der Waals surface area (Å²) in [6.45, 7) is 2.40. The molecule has 0 unspecified atom stereocenters. The zero-order valence-corrected chi connectivity index (χ0v) is 24.4. The predicted octanol–water partition coefficient (Wildman–Crippen LogP) is 6.93. The van der Waals surface area contributed by atoms with Crippen molar-refractivity contribution in [2.75, 3.05) is 9.80 Å². The van der Waals surface area contributed by atoms with E-state index in [1.807, 2.05) is 22.6 Å². The SMILES string of the molecule is CC(C)OC(=O)N1c2ccc(C(F)(F)F)nc2[C@H](N(Cc2cc(C(F)(F)F)cc(C(F)(F)F)c2)c2nnn(C)n2)C[C@@H]1I. The smallest absolute Gasteiger partial charge is 0.433 e. The quantitative estimate of drug-likeness (QED) is 0.122. The maximum absolute atomic E-state index is 13.7. The van der Waals surface area contributed by atoms with Crippen LogP contribution in [0.4, 0.5) is 55.9 Å². The highest BCUT2D eigenvalue weighted by Gasteiger charge is 2.44. The Morgan fingerprint density at radius 3 is 2.12 bits per heavy atom. The average molecular weight is 737 g/mol. The molecule has 4 rings (SSSR count). The number of rotatable bonds is 5. The minimum absolute atomic E-state index is 0.0411. The fraction of sp³-hybridized carbons (Fsp3) is 0.458. The summed E-state index contributed by atoms with van der Waals surface area (Å²) in [5.41, 5.74) is -5.46. The van der Waals surface area contributed by atoms with Crippen molar-refractivity contribution in [1.82, 2.24) is 25.2 Å². The topological polar surface area (TPSA) is 89.3 Å². The number of pyridine rings is 1. The number of amides is 1. The number of ether oxygens (including phenoxy) is 1. The second-order valence-corrected chi connectivity index (χ2v) is 11.1. The molecular formula is C24H21F9IN7O2. The lowest BCUT2D eigenvalue weighted by atomic mass is 9.98. The number of carbonyl (C=O) groups excluding carboxylic acids is 1. The van der Waals surface area contributed by atoms with Gasteiger partial charge in [-0.3, -0.25) is 4.90 Å². The van der Waals surface area contributed by atoms with Crippen LogP contribution in [0.15, 0.2) is 30.3 Å². The van der Waals surface area contributed by atoms with Crippen LogP contribution in [-0.4, -0.2) is 41.4 Å². The van der Waals surface area contributed by atoms with Gasteiger partial charge in [0.05, 0.1) is 45.8 Å². The Labute approximate surface area is 251 Å². The standard InChI is InChI=1S/C24H21F9IN7O2/c1-11(2)43-21(42)41-15-4-5-17(24(31,32)33)35-19(15)16(9-18(41)34)40(20-36-38-39(3)37-20)10-12-6-13(22(25,26)27)8-14(7-12)23(28,29)30/h4-8,11,16,18H,9-10H2,1-3H3/t16-,18-/m1/s1. The third-order valence-corrected chi connectivity index (χ3v) is 7.20. The van der Waals surface area contributed by atoms with E-state index in [4.69, 9.17) is 4.74 Å². The molecule has 2 atom stereocenters. The molecule has 3 heterocycles. The summed E-state index contributed by atoms with van der Waals surface area (Å²) in [6, 6.07) is 1.33. The Morgan fingerprint density at radius 2 is 1.63 bits per heavy atom. The molecule has 0 fully saturated rings. The number of nitrogens with zero attached hydrogens (tertiary/aromatic N) is 7. The van der Waals surface area contributed by atoms with Crippen molar-refractivity contribution in [3.05, 3.63) is 58.4 Å². The number of carbonyl (C=O) groups is 1. The van der Waals surface area contributed by atoms with Crippen molar-refractivity contribution in [3.63, 3.8) is 0 Å². The molecule has 1 aliphatic rings. The van der Waals surface area contributed by atoms with Gasteiger partial charge in [-0.15, -0.1) is 5.10 Å². The first-order valence-corrected chi connectivity index (χ1v) is 13.5. The number of alkyl halides is 10. The fourth-order valence-electron chi connectivity index (χ4n) is 4.39. The van der Waals surface area contributed by atoms with Gasteiger partial charge < -0.3 is 9.64 Å². The van der Waals surface area contributed by atoms with E-state index in [-0.39, 0.29) is 29.8 Å². The van der Waals surface area contributed by atoms with E-state index in [9.17, 15) is 44.3 Å². The van der Waals surface area contributed by atoms with Crippen molar-refractivity contribution in [2.24, 2.45) is 7.05 Å². The van der Waals surface area contributed by atoms with Crippen LogP contribution in [0.1, 0.15) is 54.4 Å². The van der Waals surface area contributed by atoms with Gasteiger partial charge in [0.2, 0.25) is 0 Å². The summed E-state index contributed by atoms with van der Waals surface area (Å²) < 4.78 is 127. The van der Waals surface area contributed by atoms with E-state index in [1.54, 1.807) is 13.8 Å². The van der Waals surface area contributed by atoms with Crippen molar-refractivity contribution < 1.29 is 49.0 Å². The lowest BCUT2D eigenvalue weighted by Crippen LogP contribution is -2.46. The van der Waals surface area contributed by atoms with Crippen LogP contribution in [0.2, 0.25) is 0 Å². The number of anilines is 2. The maximum atomic E-state index is 13.7. The van der Waals surface area contributed by atoms with Gasteiger partial charge in [0.15, 0.2) is 0 Å². The Hall–Kier alpha value is -3.39. The normalized spacial score (nSPS) is 17.7. The van der Waals surface area contributed by atoms with Gasteiger partial charge in [0, 0.05) is 13.0 Å². The summed E-state index contributed by atoms with van der Waals surface area (Å²) in [5, 5.41) is 11.5. The predicted molar refractivity (Wildman–Crippen MR) is 140 cm³/mol. The monoisotopic (exact) mass is 737 g/mol. The lowest BCUT2D eigenvalue weighted by Gasteiger charge is -2.41. The molecule has 2 aromatic heterocycles. The number of aromatic nitrogens is 5. The Morgan fingerprint density at radius 1 is 1.02 bits per heavy atom. The van der Waals surface area contributed by atoms with Crippen LogP contribution >= 0.6 is 22.6 Å². The van der Waals surface area contributed by atoms with Gasteiger partial charge in [-0.2, -0.15) is 44.3 Å². The first-order valence-electron chi connectivity index (χ1n) is 12.3.